The molecule has 0 bridgehead atoms. The van der Waals surface area contributed by atoms with Crippen LogP contribution in [0.3, 0.4) is 0 Å². The molecule has 9 heteroatoms. The number of nitrogens with one attached hydrogen (secondary N) is 2. The molecule has 1 aromatic heterocycles. The van der Waals surface area contributed by atoms with Gasteiger partial charge in [-0.1, -0.05) is 6.07 Å². The fraction of sp³-hybridized carbons (Fsp3) is 0.320. The first-order valence-electron chi connectivity index (χ1n) is 11.4. The van der Waals surface area contributed by atoms with Crippen molar-refractivity contribution in [2.75, 3.05) is 48.5 Å². The summed E-state index contributed by atoms with van der Waals surface area (Å²) in [5.41, 5.74) is 3.79. The molecule has 2 aromatic carbocycles. The maximum Gasteiger partial charge on any atom is 0.231 e. The average Bonchev–Trinajstić information content (AvgIpc) is 3.28. The highest BCUT2D eigenvalue weighted by Crippen LogP contribution is 2.33. The van der Waals surface area contributed by atoms with E-state index >= 15 is 0 Å². The van der Waals surface area contributed by atoms with E-state index in [9.17, 15) is 4.79 Å². The van der Waals surface area contributed by atoms with Gasteiger partial charge in [0.2, 0.25) is 18.6 Å². The zero-order valence-corrected chi connectivity index (χ0v) is 19.4. The summed E-state index contributed by atoms with van der Waals surface area (Å²) >= 11 is 0. The molecule has 0 unspecified atom stereocenters. The molecular weight excluding hydrogens is 432 g/mol. The second kappa shape index (κ2) is 9.56. The van der Waals surface area contributed by atoms with Crippen LogP contribution in [0.4, 0.5) is 23.1 Å². The molecule has 5 rings (SSSR count). The number of rotatable bonds is 6. The Bertz CT molecular complexity index is 1180. The van der Waals surface area contributed by atoms with E-state index in [2.05, 4.69) is 37.6 Å². The third-order valence-corrected chi connectivity index (χ3v) is 5.82. The van der Waals surface area contributed by atoms with E-state index in [1.807, 2.05) is 43.3 Å². The molecule has 3 aromatic rings. The van der Waals surface area contributed by atoms with Gasteiger partial charge in [0, 0.05) is 62.8 Å². The van der Waals surface area contributed by atoms with E-state index in [1.165, 1.54) is 12.5 Å². The van der Waals surface area contributed by atoms with Gasteiger partial charge in [-0.05, 0) is 48.9 Å². The molecule has 0 aliphatic carbocycles. The number of nitrogens with zero attached hydrogens (tertiary/aromatic N) is 4. The van der Waals surface area contributed by atoms with Gasteiger partial charge in [0.25, 0.3) is 0 Å². The van der Waals surface area contributed by atoms with Crippen LogP contribution in [0.15, 0.2) is 48.5 Å². The molecule has 0 radical (unpaired) electrons. The molecule has 0 spiro atoms. The van der Waals surface area contributed by atoms with Crippen LogP contribution in [-0.2, 0) is 11.3 Å². The number of carbonyl (C=O) groups is 1. The maximum absolute atomic E-state index is 11.2. The number of hydrogen-bond donors (Lipinski definition) is 2. The van der Waals surface area contributed by atoms with Crippen molar-refractivity contribution in [1.29, 1.82) is 0 Å². The monoisotopic (exact) mass is 460 g/mol. The van der Waals surface area contributed by atoms with Crippen molar-refractivity contribution in [1.82, 2.24) is 14.9 Å². The molecule has 0 atom stereocenters. The Kier molecular flexibility index (Phi) is 6.18. The first-order chi connectivity index (χ1) is 16.5. The van der Waals surface area contributed by atoms with Gasteiger partial charge in [0.05, 0.1) is 0 Å². The molecule has 2 aliphatic heterocycles. The van der Waals surface area contributed by atoms with Gasteiger partial charge in [-0.3, -0.25) is 9.69 Å². The highest BCUT2D eigenvalue weighted by atomic mass is 16.7. The van der Waals surface area contributed by atoms with Crippen molar-refractivity contribution in [3.63, 3.8) is 0 Å². The van der Waals surface area contributed by atoms with Gasteiger partial charge in [-0.15, -0.1) is 0 Å². The van der Waals surface area contributed by atoms with E-state index in [-0.39, 0.29) is 5.91 Å². The summed E-state index contributed by atoms with van der Waals surface area (Å²) in [6.45, 7) is 8.23. The Labute approximate surface area is 198 Å². The number of piperazine rings is 1. The molecule has 176 valence electrons. The summed E-state index contributed by atoms with van der Waals surface area (Å²) in [6, 6.07) is 15.6. The molecule has 34 heavy (non-hydrogen) atoms. The number of aryl methyl sites for hydroxylation is 1. The second-order valence-corrected chi connectivity index (χ2v) is 8.53. The lowest BCUT2D eigenvalue weighted by Gasteiger charge is -2.35. The maximum atomic E-state index is 11.2. The zero-order valence-electron chi connectivity index (χ0n) is 19.4. The third kappa shape index (κ3) is 5.20. The zero-order chi connectivity index (χ0) is 23.5. The fourth-order valence-corrected chi connectivity index (χ4v) is 4.15. The minimum atomic E-state index is -0.0900. The lowest BCUT2D eigenvalue weighted by molar-refractivity contribution is -0.114. The van der Waals surface area contributed by atoms with Crippen molar-refractivity contribution in [3.8, 4) is 11.5 Å². The third-order valence-electron chi connectivity index (χ3n) is 5.82. The van der Waals surface area contributed by atoms with E-state index in [4.69, 9.17) is 14.5 Å². The summed E-state index contributed by atoms with van der Waals surface area (Å²) < 4.78 is 10.9. The van der Waals surface area contributed by atoms with Gasteiger partial charge >= 0.3 is 0 Å². The molecule has 3 heterocycles. The van der Waals surface area contributed by atoms with Gasteiger partial charge in [0.1, 0.15) is 5.82 Å². The SMILES string of the molecule is CC(=O)Nc1ccc(Nc2cc(C)nc(N3CCN(Cc4ccc5c(c4)OCO5)CC3)n2)cc1. The lowest BCUT2D eigenvalue weighted by Crippen LogP contribution is -2.46. The van der Waals surface area contributed by atoms with Crippen LogP contribution < -0.4 is 25.0 Å². The fourth-order valence-electron chi connectivity index (χ4n) is 4.15. The van der Waals surface area contributed by atoms with Crippen molar-refractivity contribution < 1.29 is 14.3 Å². The van der Waals surface area contributed by atoms with Crippen molar-refractivity contribution in [2.45, 2.75) is 20.4 Å². The summed E-state index contributed by atoms with van der Waals surface area (Å²) in [6.07, 6.45) is 0. The Morgan fingerprint density at radius 2 is 1.68 bits per heavy atom. The highest BCUT2D eigenvalue weighted by molar-refractivity contribution is 5.88. The van der Waals surface area contributed by atoms with Gasteiger partial charge in [-0.25, -0.2) is 4.98 Å². The van der Waals surface area contributed by atoms with Crippen LogP contribution in [0, 0.1) is 6.92 Å². The lowest BCUT2D eigenvalue weighted by atomic mass is 10.1. The van der Waals surface area contributed by atoms with Crippen molar-refractivity contribution in [2.24, 2.45) is 0 Å². The average molecular weight is 461 g/mol. The van der Waals surface area contributed by atoms with Crippen molar-refractivity contribution in [3.05, 3.63) is 59.8 Å². The molecule has 2 N–H and O–H groups in total. The predicted octanol–water partition coefficient (Wildman–Crippen LogP) is 3.54. The van der Waals surface area contributed by atoms with Gasteiger partial charge in [-0.2, -0.15) is 4.98 Å². The molecule has 9 nitrogen and oxygen atoms in total. The topological polar surface area (TPSA) is 91.9 Å². The van der Waals surface area contributed by atoms with E-state index in [0.29, 0.717) is 6.79 Å². The van der Waals surface area contributed by atoms with Crippen LogP contribution in [0.5, 0.6) is 11.5 Å². The standard InChI is InChI=1S/C25H28N6O3/c1-17-13-24(28-21-6-4-20(5-7-21)27-18(2)32)29-25(26-17)31-11-9-30(10-12-31)15-19-3-8-22-23(14-19)34-16-33-22/h3-8,13-14H,9-12,15-16H2,1-2H3,(H,27,32)(H,26,28,29). The molecule has 1 saturated heterocycles. The minimum Gasteiger partial charge on any atom is -0.454 e. The first kappa shape index (κ1) is 22.0. The van der Waals surface area contributed by atoms with E-state index in [0.717, 1.165) is 73.1 Å². The predicted molar refractivity (Wildman–Crippen MR) is 131 cm³/mol. The largest absolute Gasteiger partial charge is 0.454 e. The summed E-state index contributed by atoms with van der Waals surface area (Å²) in [5, 5.41) is 6.12. The van der Waals surface area contributed by atoms with Gasteiger partial charge < -0.3 is 25.0 Å². The molecule has 1 amide bonds. The van der Waals surface area contributed by atoms with Crippen LogP contribution in [0.1, 0.15) is 18.2 Å². The van der Waals surface area contributed by atoms with Crippen LogP contribution in [0.25, 0.3) is 0 Å². The highest BCUT2D eigenvalue weighted by Gasteiger charge is 2.21. The molecule has 2 aliphatic rings. The smallest absolute Gasteiger partial charge is 0.231 e. The first-order valence-corrected chi connectivity index (χ1v) is 11.4. The Hall–Kier alpha value is -3.85. The summed E-state index contributed by atoms with van der Waals surface area (Å²) in [4.78, 5) is 25.3. The van der Waals surface area contributed by atoms with E-state index < -0.39 is 0 Å². The molecule has 0 saturated carbocycles. The quantitative estimate of drug-likeness (QED) is 0.577. The number of aromatic nitrogens is 2. The van der Waals surface area contributed by atoms with E-state index in [1.54, 1.807) is 0 Å². The minimum absolute atomic E-state index is 0.0900. The van der Waals surface area contributed by atoms with Gasteiger partial charge in [0.15, 0.2) is 11.5 Å². The normalized spacial score (nSPS) is 15.3. The number of hydrogen-bond acceptors (Lipinski definition) is 8. The Morgan fingerprint density at radius 3 is 2.44 bits per heavy atom. The van der Waals surface area contributed by atoms with Crippen LogP contribution in [0.2, 0.25) is 0 Å². The van der Waals surface area contributed by atoms with Crippen LogP contribution in [-0.4, -0.2) is 53.7 Å². The summed E-state index contributed by atoms with van der Waals surface area (Å²) in [5.74, 6) is 3.04. The number of benzene rings is 2. The van der Waals surface area contributed by atoms with Crippen molar-refractivity contribution >= 4 is 29.0 Å². The Balaban J connectivity index is 1.20. The number of anilines is 4. The number of amides is 1. The second-order valence-electron chi connectivity index (χ2n) is 8.53. The molecule has 1 fully saturated rings. The summed E-state index contributed by atoms with van der Waals surface area (Å²) in [7, 11) is 0. The Morgan fingerprint density at radius 1 is 0.941 bits per heavy atom. The number of ether oxygens (including phenoxy) is 2. The number of fused-ring (bicyclic) bond motifs is 1. The molecular formula is C25H28N6O3. The number of carbonyl (C=O) groups excluding carboxylic acids is 1. The van der Waals surface area contributed by atoms with Crippen LogP contribution >= 0.6 is 0 Å².